The zero-order valence-corrected chi connectivity index (χ0v) is 11.4. The second-order valence-corrected chi connectivity index (χ2v) is 6.67. The molecular weight excluding hydrogens is 264 g/mol. The molecule has 6 nitrogen and oxygen atoms in total. The van der Waals surface area contributed by atoms with Crippen LogP contribution in [0.25, 0.3) is 11.0 Å². The fraction of sp³-hybridized carbons (Fsp3) is 0.333. The summed E-state index contributed by atoms with van der Waals surface area (Å²) in [5, 5.41) is 0. The van der Waals surface area contributed by atoms with Crippen molar-refractivity contribution in [2.75, 3.05) is 12.0 Å². The van der Waals surface area contributed by atoms with Gasteiger partial charge in [0, 0.05) is 24.7 Å². The van der Waals surface area contributed by atoms with Crippen LogP contribution in [0.4, 0.5) is 0 Å². The van der Waals surface area contributed by atoms with E-state index in [1.807, 2.05) is 18.2 Å². The maximum absolute atomic E-state index is 11.2. The topological polar surface area (TPSA) is 98.0 Å². The molecule has 2 aromatic rings. The zero-order chi connectivity index (χ0) is 13.9. The number of para-hydroxylation sites is 1. The summed E-state index contributed by atoms with van der Waals surface area (Å²) in [4.78, 5) is 8.51. The molecule has 7 heteroatoms. The molecule has 3 N–H and O–H groups in total. The molecule has 1 aromatic carbocycles. The SMILES string of the molecule is CS(=O)(=O)CCC(NN)c1cccc2nccnc12. The van der Waals surface area contributed by atoms with E-state index in [1.165, 1.54) is 6.26 Å². The summed E-state index contributed by atoms with van der Waals surface area (Å²) in [6, 6.07) is 5.33. The number of fused-ring (bicyclic) bond motifs is 1. The summed E-state index contributed by atoms with van der Waals surface area (Å²) in [5.74, 6) is 5.60. The lowest BCUT2D eigenvalue weighted by molar-refractivity contribution is 0.533. The van der Waals surface area contributed by atoms with Gasteiger partial charge in [0.15, 0.2) is 0 Å². The number of nitrogens with one attached hydrogen (secondary N) is 1. The number of nitrogens with two attached hydrogens (primary N) is 1. The van der Waals surface area contributed by atoms with E-state index in [0.717, 1.165) is 16.6 Å². The van der Waals surface area contributed by atoms with Gasteiger partial charge in [0.2, 0.25) is 0 Å². The van der Waals surface area contributed by atoms with E-state index < -0.39 is 9.84 Å². The molecule has 0 fully saturated rings. The van der Waals surface area contributed by atoms with Crippen molar-refractivity contribution in [3.63, 3.8) is 0 Å². The second-order valence-electron chi connectivity index (χ2n) is 4.41. The number of nitrogens with zero attached hydrogens (tertiary/aromatic N) is 2. The number of hydrazine groups is 1. The van der Waals surface area contributed by atoms with Gasteiger partial charge < -0.3 is 0 Å². The number of benzene rings is 1. The van der Waals surface area contributed by atoms with Crippen molar-refractivity contribution in [3.05, 3.63) is 36.2 Å². The van der Waals surface area contributed by atoms with Crippen LogP contribution in [0.15, 0.2) is 30.6 Å². The molecule has 1 aromatic heterocycles. The Bertz CT molecular complexity index is 667. The molecule has 0 saturated carbocycles. The third kappa shape index (κ3) is 3.46. The summed E-state index contributed by atoms with van der Waals surface area (Å²) >= 11 is 0. The number of hydrogen-bond donors (Lipinski definition) is 2. The van der Waals surface area contributed by atoms with Crippen LogP contribution < -0.4 is 11.3 Å². The average Bonchev–Trinajstić information content (AvgIpc) is 2.38. The zero-order valence-electron chi connectivity index (χ0n) is 10.6. The van der Waals surface area contributed by atoms with Crippen molar-refractivity contribution in [3.8, 4) is 0 Å². The molecule has 1 heterocycles. The van der Waals surface area contributed by atoms with Gasteiger partial charge in [-0.25, -0.2) is 8.42 Å². The van der Waals surface area contributed by atoms with Gasteiger partial charge in [-0.3, -0.25) is 21.2 Å². The second kappa shape index (κ2) is 5.60. The van der Waals surface area contributed by atoms with Crippen LogP contribution in [0.1, 0.15) is 18.0 Å². The summed E-state index contributed by atoms with van der Waals surface area (Å²) in [6.07, 6.45) is 4.83. The van der Waals surface area contributed by atoms with Crippen molar-refractivity contribution in [2.24, 2.45) is 5.84 Å². The highest BCUT2D eigenvalue weighted by atomic mass is 32.2. The lowest BCUT2D eigenvalue weighted by Crippen LogP contribution is -2.29. The maximum atomic E-state index is 11.2. The lowest BCUT2D eigenvalue weighted by atomic mass is 10.0. The van der Waals surface area contributed by atoms with Gasteiger partial charge in [-0.15, -0.1) is 0 Å². The molecule has 0 saturated heterocycles. The molecule has 1 atom stereocenters. The largest absolute Gasteiger partial charge is 0.271 e. The molecule has 0 aliphatic carbocycles. The normalized spacial score (nSPS) is 13.6. The van der Waals surface area contributed by atoms with Crippen molar-refractivity contribution >= 4 is 20.9 Å². The van der Waals surface area contributed by atoms with Crippen molar-refractivity contribution in [2.45, 2.75) is 12.5 Å². The molecule has 2 rings (SSSR count). The monoisotopic (exact) mass is 280 g/mol. The smallest absolute Gasteiger partial charge is 0.147 e. The first-order valence-electron chi connectivity index (χ1n) is 5.85. The first-order valence-corrected chi connectivity index (χ1v) is 7.91. The molecular formula is C12H16N4O2S. The summed E-state index contributed by atoms with van der Waals surface area (Å²) in [6.45, 7) is 0. The molecule has 19 heavy (non-hydrogen) atoms. The predicted molar refractivity (Wildman–Crippen MR) is 73.9 cm³/mol. The van der Waals surface area contributed by atoms with Gasteiger partial charge in [-0.2, -0.15) is 0 Å². The van der Waals surface area contributed by atoms with E-state index in [0.29, 0.717) is 6.42 Å². The Morgan fingerprint density at radius 2 is 2.05 bits per heavy atom. The Kier molecular flexibility index (Phi) is 4.08. The van der Waals surface area contributed by atoms with Crippen LogP contribution in [0, 0.1) is 0 Å². The minimum Gasteiger partial charge on any atom is -0.271 e. The van der Waals surface area contributed by atoms with E-state index in [2.05, 4.69) is 15.4 Å². The van der Waals surface area contributed by atoms with Crippen LogP contribution >= 0.6 is 0 Å². The maximum Gasteiger partial charge on any atom is 0.147 e. The van der Waals surface area contributed by atoms with Crippen LogP contribution in [0.5, 0.6) is 0 Å². The highest BCUT2D eigenvalue weighted by Gasteiger charge is 2.16. The molecule has 102 valence electrons. The highest BCUT2D eigenvalue weighted by Crippen LogP contribution is 2.23. The van der Waals surface area contributed by atoms with Crippen molar-refractivity contribution < 1.29 is 8.42 Å². The molecule has 0 aliphatic rings. The van der Waals surface area contributed by atoms with E-state index in [1.54, 1.807) is 12.4 Å². The Balaban J connectivity index is 2.35. The van der Waals surface area contributed by atoms with Gasteiger partial charge in [-0.05, 0) is 18.1 Å². The van der Waals surface area contributed by atoms with Crippen LogP contribution in [0.2, 0.25) is 0 Å². The molecule has 0 aliphatic heterocycles. The highest BCUT2D eigenvalue weighted by molar-refractivity contribution is 7.90. The Labute approximate surface area is 111 Å². The van der Waals surface area contributed by atoms with Gasteiger partial charge in [0.05, 0.1) is 16.8 Å². The molecule has 1 unspecified atom stereocenters. The van der Waals surface area contributed by atoms with E-state index >= 15 is 0 Å². The molecule has 0 spiro atoms. The lowest BCUT2D eigenvalue weighted by Gasteiger charge is -2.17. The van der Waals surface area contributed by atoms with Gasteiger partial charge >= 0.3 is 0 Å². The third-order valence-electron chi connectivity index (χ3n) is 2.88. The summed E-state index contributed by atoms with van der Waals surface area (Å²) < 4.78 is 22.5. The number of sulfone groups is 1. The van der Waals surface area contributed by atoms with Crippen molar-refractivity contribution in [1.29, 1.82) is 0 Å². The van der Waals surface area contributed by atoms with Gasteiger partial charge in [0.25, 0.3) is 0 Å². The van der Waals surface area contributed by atoms with Gasteiger partial charge in [-0.1, -0.05) is 12.1 Å². The van der Waals surface area contributed by atoms with E-state index in [-0.39, 0.29) is 11.8 Å². The number of hydrogen-bond acceptors (Lipinski definition) is 6. The van der Waals surface area contributed by atoms with Crippen molar-refractivity contribution in [1.82, 2.24) is 15.4 Å². The molecule has 0 radical (unpaired) electrons. The molecule has 0 amide bonds. The first kappa shape index (κ1) is 13.9. The standard InChI is InChI=1S/C12H16N4O2S/c1-19(17,18)8-5-10(16-13)9-3-2-4-11-12(9)15-7-6-14-11/h2-4,6-7,10,16H,5,8,13H2,1H3. The fourth-order valence-electron chi connectivity index (χ4n) is 1.96. The van der Waals surface area contributed by atoms with Crippen LogP contribution in [0.3, 0.4) is 0 Å². The minimum atomic E-state index is -3.02. The Morgan fingerprint density at radius 3 is 2.74 bits per heavy atom. The number of aromatic nitrogens is 2. The quantitative estimate of drug-likeness (QED) is 0.614. The van der Waals surface area contributed by atoms with Crippen LogP contribution in [-0.4, -0.2) is 30.4 Å². The first-order chi connectivity index (χ1) is 9.01. The summed E-state index contributed by atoms with van der Waals surface area (Å²) in [5.41, 5.74) is 5.01. The average molecular weight is 280 g/mol. The minimum absolute atomic E-state index is 0.0680. The predicted octanol–water partition coefficient (Wildman–Crippen LogP) is 0.569. The van der Waals surface area contributed by atoms with Gasteiger partial charge in [0.1, 0.15) is 9.84 Å². The Hall–Kier alpha value is -1.57. The molecule has 0 bridgehead atoms. The van der Waals surface area contributed by atoms with E-state index in [4.69, 9.17) is 5.84 Å². The Morgan fingerprint density at radius 1 is 1.32 bits per heavy atom. The van der Waals surface area contributed by atoms with Crippen LogP contribution in [-0.2, 0) is 9.84 Å². The number of rotatable bonds is 5. The fourth-order valence-corrected chi connectivity index (χ4v) is 2.62. The summed E-state index contributed by atoms with van der Waals surface area (Å²) in [7, 11) is -3.02. The third-order valence-corrected chi connectivity index (χ3v) is 3.86. The van der Waals surface area contributed by atoms with E-state index in [9.17, 15) is 8.42 Å².